The second-order valence-corrected chi connectivity index (χ2v) is 7.75. The molecule has 4 amide bonds. The SMILES string of the molecule is CCCCN1C(=O)C(=Cc2c(O)n(CC(=O)O)c(=O)n(CCCC)c2=O)C(=O)N(CC(=O)O)C1=O. The summed E-state index contributed by atoms with van der Waals surface area (Å²) in [7, 11) is 0. The number of urea groups is 1. The Kier molecular flexibility index (Phi) is 8.70. The summed E-state index contributed by atoms with van der Waals surface area (Å²) in [5, 5.41) is 28.8. The van der Waals surface area contributed by atoms with Crippen molar-refractivity contribution < 1.29 is 39.3 Å². The Morgan fingerprint density at radius 2 is 1.34 bits per heavy atom. The zero-order valence-corrected chi connectivity index (χ0v) is 19.2. The number of amides is 4. The average Bonchev–Trinajstić information content (AvgIpc) is 2.79. The van der Waals surface area contributed by atoms with Crippen LogP contribution in [-0.2, 0) is 32.3 Å². The molecule has 2 rings (SSSR count). The van der Waals surface area contributed by atoms with Crippen molar-refractivity contribution in [2.45, 2.75) is 52.6 Å². The van der Waals surface area contributed by atoms with Gasteiger partial charge in [-0.1, -0.05) is 26.7 Å². The first-order chi connectivity index (χ1) is 16.5. The first-order valence-electron chi connectivity index (χ1n) is 10.9. The summed E-state index contributed by atoms with van der Waals surface area (Å²) in [6.45, 7) is 1.22. The van der Waals surface area contributed by atoms with Crippen LogP contribution in [0.4, 0.5) is 4.79 Å². The highest BCUT2D eigenvalue weighted by Gasteiger charge is 2.43. The van der Waals surface area contributed by atoms with E-state index in [-0.39, 0.29) is 13.1 Å². The minimum absolute atomic E-state index is 0.127. The number of carbonyl (C=O) groups is 5. The number of hydrogen-bond donors (Lipinski definition) is 3. The topological polar surface area (TPSA) is 197 Å². The van der Waals surface area contributed by atoms with Crippen molar-refractivity contribution in [1.82, 2.24) is 18.9 Å². The van der Waals surface area contributed by atoms with Gasteiger partial charge in [0.15, 0.2) is 0 Å². The zero-order chi connectivity index (χ0) is 26.4. The standard InChI is InChI=1S/C21H26N4O10/c1-3-5-7-22-16(30)12(18(32)24(20(22)34)10-14(26)27)9-13-17(31)23(8-6-4-2)21(35)25(19(13)33)11-15(28)29/h9,32H,3-8,10-11H2,1-2H3,(H,26,27)(H,28,29). The second-order valence-electron chi connectivity index (χ2n) is 7.75. The third-order valence-corrected chi connectivity index (χ3v) is 5.19. The first-order valence-corrected chi connectivity index (χ1v) is 10.9. The fraction of sp³-hybridized carbons (Fsp3) is 0.476. The van der Waals surface area contributed by atoms with E-state index in [1.807, 2.05) is 0 Å². The monoisotopic (exact) mass is 494 g/mol. The van der Waals surface area contributed by atoms with Gasteiger partial charge < -0.3 is 15.3 Å². The molecule has 0 bridgehead atoms. The third-order valence-electron chi connectivity index (χ3n) is 5.19. The Bertz CT molecular complexity index is 1210. The van der Waals surface area contributed by atoms with Crippen LogP contribution in [0, 0.1) is 0 Å². The quantitative estimate of drug-likeness (QED) is 0.270. The van der Waals surface area contributed by atoms with E-state index in [0.29, 0.717) is 50.7 Å². The van der Waals surface area contributed by atoms with Crippen molar-refractivity contribution in [2.75, 3.05) is 13.1 Å². The number of aromatic hydroxyl groups is 1. The summed E-state index contributed by atoms with van der Waals surface area (Å²) < 4.78 is 1.07. The normalized spacial score (nSPS) is 15.3. The van der Waals surface area contributed by atoms with Gasteiger partial charge in [0.05, 0.1) is 0 Å². The van der Waals surface area contributed by atoms with E-state index in [1.165, 1.54) is 0 Å². The van der Waals surface area contributed by atoms with Crippen LogP contribution in [-0.4, -0.2) is 77.1 Å². The van der Waals surface area contributed by atoms with Gasteiger partial charge in [0, 0.05) is 13.1 Å². The van der Waals surface area contributed by atoms with Gasteiger partial charge in [0.25, 0.3) is 17.4 Å². The lowest BCUT2D eigenvalue weighted by atomic mass is 10.1. The number of hydrogen-bond acceptors (Lipinski definition) is 8. The molecule has 14 heteroatoms. The number of aliphatic carboxylic acids is 2. The Labute approximate surface area is 198 Å². The van der Waals surface area contributed by atoms with Crippen molar-refractivity contribution in [1.29, 1.82) is 0 Å². The van der Waals surface area contributed by atoms with Crippen LogP contribution >= 0.6 is 0 Å². The number of nitrogens with zero attached hydrogens (tertiary/aromatic N) is 4. The maximum Gasteiger partial charge on any atom is 0.334 e. The molecule has 0 unspecified atom stereocenters. The van der Waals surface area contributed by atoms with Crippen molar-refractivity contribution in [3.63, 3.8) is 0 Å². The summed E-state index contributed by atoms with van der Waals surface area (Å²) in [6, 6.07) is -1.14. The molecular formula is C21H26N4O10. The van der Waals surface area contributed by atoms with Gasteiger partial charge in [-0.2, -0.15) is 0 Å². The van der Waals surface area contributed by atoms with E-state index in [4.69, 9.17) is 10.2 Å². The molecular weight excluding hydrogens is 468 g/mol. The van der Waals surface area contributed by atoms with Gasteiger partial charge in [0.2, 0.25) is 5.88 Å². The highest BCUT2D eigenvalue weighted by Crippen LogP contribution is 2.22. The Morgan fingerprint density at radius 1 is 0.800 bits per heavy atom. The molecule has 0 radical (unpaired) electrons. The highest BCUT2D eigenvalue weighted by molar-refractivity contribution is 6.31. The largest absolute Gasteiger partial charge is 0.494 e. The fourth-order valence-corrected chi connectivity index (χ4v) is 3.38. The van der Waals surface area contributed by atoms with Crippen molar-refractivity contribution >= 4 is 35.9 Å². The number of imide groups is 2. The van der Waals surface area contributed by atoms with Crippen LogP contribution in [0.25, 0.3) is 6.08 Å². The van der Waals surface area contributed by atoms with Gasteiger partial charge in [-0.25, -0.2) is 14.5 Å². The van der Waals surface area contributed by atoms with E-state index in [1.54, 1.807) is 13.8 Å². The minimum atomic E-state index is -1.53. The first kappa shape index (κ1) is 27.0. The number of carboxylic acids is 2. The van der Waals surface area contributed by atoms with Crippen LogP contribution in [0.2, 0.25) is 0 Å². The van der Waals surface area contributed by atoms with Crippen LogP contribution in [0.15, 0.2) is 15.2 Å². The predicted octanol–water partition coefficient (Wildman–Crippen LogP) is -0.341. The summed E-state index contributed by atoms with van der Waals surface area (Å²) in [5.41, 5.74) is -3.70. The Balaban J connectivity index is 2.79. The lowest BCUT2D eigenvalue weighted by Crippen LogP contribution is -2.57. The maximum atomic E-state index is 13.0. The smallest absolute Gasteiger partial charge is 0.334 e. The van der Waals surface area contributed by atoms with Crippen molar-refractivity contribution in [3.8, 4) is 5.88 Å². The molecule has 1 aliphatic heterocycles. The molecule has 0 aliphatic carbocycles. The molecule has 1 aliphatic rings. The van der Waals surface area contributed by atoms with Crippen LogP contribution in [0.1, 0.15) is 45.1 Å². The molecule has 190 valence electrons. The molecule has 1 aromatic rings. The van der Waals surface area contributed by atoms with Gasteiger partial charge in [-0.3, -0.25) is 38.0 Å². The molecule has 1 fully saturated rings. The average molecular weight is 494 g/mol. The number of rotatable bonds is 11. The molecule has 0 spiro atoms. The third kappa shape index (κ3) is 5.65. The number of carbonyl (C=O) groups excluding carboxylic acids is 3. The summed E-state index contributed by atoms with van der Waals surface area (Å²) in [5.74, 6) is -6.56. The fourth-order valence-electron chi connectivity index (χ4n) is 3.38. The molecule has 2 heterocycles. The Hall–Kier alpha value is -4.23. The van der Waals surface area contributed by atoms with Gasteiger partial charge in [0.1, 0.15) is 24.2 Å². The molecule has 0 saturated carbocycles. The van der Waals surface area contributed by atoms with E-state index < -0.39 is 71.1 Å². The van der Waals surface area contributed by atoms with Crippen LogP contribution in [0.3, 0.4) is 0 Å². The van der Waals surface area contributed by atoms with Crippen LogP contribution in [0.5, 0.6) is 5.88 Å². The minimum Gasteiger partial charge on any atom is -0.494 e. The molecule has 3 N–H and O–H groups in total. The van der Waals surface area contributed by atoms with E-state index in [9.17, 15) is 38.7 Å². The Morgan fingerprint density at radius 3 is 1.89 bits per heavy atom. The molecule has 14 nitrogen and oxygen atoms in total. The predicted molar refractivity (Wildman–Crippen MR) is 119 cm³/mol. The number of carboxylic acid groups (broad SMARTS) is 2. The molecule has 1 saturated heterocycles. The van der Waals surface area contributed by atoms with Gasteiger partial charge in [-0.15, -0.1) is 0 Å². The summed E-state index contributed by atoms with van der Waals surface area (Å²) in [4.78, 5) is 87.5. The summed E-state index contributed by atoms with van der Waals surface area (Å²) >= 11 is 0. The molecule has 35 heavy (non-hydrogen) atoms. The maximum absolute atomic E-state index is 13.0. The van der Waals surface area contributed by atoms with E-state index in [2.05, 4.69) is 0 Å². The number of aromatic nitrogens is 2. The second kappa shape index (κ2) is 11.3. The number of unbranched alkanes of at least 4 members (excludes halogenated alkanes) is 2. The van der Waals surface area contributed by atoms with Crippen LogP contribution < -0.4 is 11.2 Å². The lowest BCUT2D eigenvalue weighted by molar-refractivity contribution is -0.144. The molecule has 0 atom stereocenters. The van der Waals surface area contributed by atoms with Gasteiger partial charge in [-0.05, 0) is 18.9 Å². The summed E-state index contributed by atoms with van der Waals surface area (Å²) in [6.07, 6.45) is 2.48. The highest BCUT2D eigenvalue weighted by atomic mass is 16.4. The lowest BCUT2D eigenvalue weighted by Gasteiger charge is -2.33. The van der Waals surface area contributed by atoms with E-state index >= 15 is 0 Å². The van der Waals surface area contributed by atoms with Gasteiger partial charge >= 0.3 is 23.7 Å². The molecule has 1 aromatic heterocycles. The zero-order valence-electron chi connectivity index (χ0n) is 19.2. The van der Waals surface area contributed by atoms with E-state index in [0.717, 1.165) is 0 Å². The van der Waals surface area contributed by atoms with Crippen molar-refractivity contribution in [2.24, 2.45) is 0 Å². The van der Waals surface area contributed by atoms with Crippen molar-refractivity contribution in [3.05, 3.63) is 32.0 Å². The number of barbiturate groups is 1. The molecule has 0 aromatic carbocycles.